The highest BCUT2D eigenvalue weighted by atomic mass is 16.5. The SMILES string of the molecule is Cc1ccc(C2(CNC(=O)N3CCOCC3)CC2)cc1. The number of benzene rings is 1. The standard InChI is InChI=1S/C16H22N2O2/c1-13-2-4-14(5-3-13)16(6-7-16)12-17-15(19)18-8-10-20-11-9-18/h2-5H,6-12H2,1H3,(H,17,19). The molecule has 1 aliphatic heterocycles. The third-order valence-electron chi connectivity index (χ3n) is 4.39. The second-order valence-corrected chi connectivity index (χ2v) is 5.90. The number of nitrogens with zero attached hydrogens (tertiary/aromatic N) is 1. The van der Waals surface area contributed by atoms with Crippen molar-refractivity contribution in [3.05, 3.63) is 35.4 Å². The van der Waals surface area contributed by atoms with E-state index in [1.165, 1.54) is 24.0 Å². The molecule has 4 heteroatoms. The molecular weight excluding hydrogens is 252 g/mol. The molecule has 108 valence electrons. The van der Waals surface area contributed by atoms with E-state index in [-0.39, 0.29) is 11.4 Å². The summed E-state index contributed by atoms with van der Waals surface area (Å²) >= 11 is 0. The van der Waals surface area contributed by atoms with Crippen molar-refractivity contribution in [1.82, 2.24) is 10.2 Å². The van der Waals surface area contributed by atoms with Crippen molar-refractivity contribution < 1.29 is 9.53 Å². The van der Waals surface area contributed by atoms with Crippen molar-refractivity contribution in [3.63, 3.8) is 0 Å². The zero-order valence-corrected chi connectivity index (χ0v) is 12.0. The number of nitrogens with one attached hydrogen (secondary N) is 1. The lowest BCUT2D eigenvalue weighted by Gasteiger charge is -2.28. The van der Waals surface area contributed by atoms with Crippen molar-refractivity contribution in [1.29, 1.82) is 0 Å². The van der Waals surface area contributed by atoms with Crippen LogP contribution in [0, 0.1) is 6.92 Å². The number of aryl methyl sites for hydroxylation is 1. The summed E-state index contributed by atoms with van der Waals surface area (Å²) in [5.74, 6) is 0. The molecule has 1 heterocycles. The number of hydrogen-bond donors (Lipinski definition) is 1. The van der Waals surface area contributed by atoms with Crippen LogP contribution in [0.1, 0.15) is 24.0 Å². The molecule has 0 bridgehead atoms. The van der Waals surface area contributed by atoms with Gasteiger partial charge < -0.3 is 15.0 Å². The maximum atomic E-state index is 12.1. The minimum absolute atomic E-state index is 0.0479. The first-order chi connectivity index (χ1) is 9.70. The molecule has 1 saturated heterocycles. The highest BCUT2D eigenvalue weighted by Crippen LogP contribution is 2.47. The average molecular weight is 274 g/mol. The lowest BCUT2D eigenvalue weighted by atomic mass is 9.95. The fourth-order valence-electron chi connectivity index (χ4n) is 2.75. The Balaban J connectivity index is 1.57. The van der Waals surface area contributed by atoms with Crippen LogP contribution in [0.2, 0.25) is 0 Å². The van der Waals surface area contributed by atoms with Crippen LogP contribution >= 0.6 is 0 Å². The van der Waals surface area contributed by atoms with E-state index in [1.807, 2.05) is 4.90 Å². The van der Waals surface area contributed by atoms with E-state index in [2.05, 4.69) is 36.5 Å². The highest BCUT2D eigenvalue weighted by molar-refractivity contribution is 5.74. The third kappa shape index (κ3) is 2.80. The van der Waals surface area contributed by atoms with Gasteiger partial charge in [0.2, 0.25) is 0 Å². The minimum Gasteiger partial charge on any atom is -0.378 e. The van der Waals surface area contributed by atoms with E-state index in [0.29, 0.717) is 26.3 Å². The first-order valence-corrected chi connectivity index (χ1v) is 7.37. The monoisotopic (exact) mass is 274 g/mol. The zero-order chi connectivity index (χ0) is 14.0. The van der Waals surface area contributed by atoms with Crippen molar-refractivity contribution in [3.8, 4) is 0 Å². The van der Waals surface area contributed by atoms with Gasteiger partial charge in [-0.25, -0.2) is 4.79 Å². The third-order valence-corrected chi connectivity index (χ3v) is 4.39. The van der Waals surface area contributed by atoms with Gasteiger partial charge in [-0.2, -0.15) is 0 Å². The van der Waals surface area contributed by atoms with Gasteiger partial charge in [0.1, 0.15) is 0 Å². The fraction of sp³-hybridized carbons (Fsp3) is 0.562. The summed E-state index contributed by atoms with van der Waals surface area (Å²) in [4.78, 5) is 14.0. The average Bonchev–Trinajstić information content (AvgIpc) is 3.27. The Bertz CT molecular complexity index is 474. The van der Waals surface area contributed by atoms with Crippen LogP contribution in [-0.4, -0.2) is 43.8 Å². The lowest BCUT2D eigenvalue weighted by Crippen LogP contribution is -2.47. The van der Waals surface area contributed by atoms with Crippen LogP contribution in [0.15, 0.2) is 24.3 Å². The molecule has 0 radical (unpaired) electrons. The first-order valence-electron chi connectivity index (χ1n) is 7.37. The molecule has 1 aromatic carbocycles. The van der Waals surface area contributed by atoms with Gasteiger partial charge in [0.15, 0.2) is 0 Å². The van der Waals surface area contributed by atoms with E-state index < -0.39 is 0 Å². The number of urea groups is 1. The van der Waals surface area contributed by atoms with Crippen LogP contribution in [-0.2, 0) is 10.2 Å². The maximum Gasteiger partial charge on any atom is 0.317 e. The summed E-state index contributed by atoms with van der Waals surface area (Å²) in [6, 6.07) is 8.75. The number of amides is 2. The molecule has 0 aromatic heterocycles. The first kappa shape index (κ1) is 13.4. The van der Waals surface area contributed by atoms with E-state index in [1.54, 1.807) is 0 Å². The largest absolute Gasteiger partial charge is 0.378 e. The Kier molecular flexibility index (Phi) is 3.66. The Morgan fingerprint density at radius 2 is 1.90 bits per heavy atom. The van der Waals surface area contributed by atoms with E-state index in [0.717, 1.165) is 6.54 Å². The van der Waals surface area contributed by atoms with Crippen LogP contribution in [0.25, 0.3) is 0 Å². The number of rotatable bonds is 3. The van der Waals surface area contributed by atoms with E-state index in [9.17, 15) is 4.79 Å². The molecule has 3 rings (SSSR count). The normalized spacial score (nSPS) is 20.6. The molecule has 1 aromatic rings. The fourth-order valence-corrected chi connectivity index (χ4v) is 2.75. The molecule has 0 spiro atoms. The summed E-state index contributed by atoms with van der Waals surface area (Å²) in [5.41, 5.74) is 2.81. The number of carbonyl (C=O) groups excluding carboxylic acids is 1. The molecule has 1 N–H and O–H groups in total. The van der Waals surface area contributed by atoms with E-state index >= 15 is 0 Å². The highest BCUT2D eigenvalue weighted by Gasteiger charge is 2.44. The molecule has 1 aliphatic carbocycles. The summed E-state index contributed by atoms with van der Waals surface area (Å²) in [6.45, 7) is 5.54. The van der Waals surface area contributed by atoms with Crippen LogP contribution in [0.5, 0.6) is 0 Å². The summed E-state index contributed by atoms with van der Waals surface area (Å²) in [7, 11) is 0. The van der Waals surface area contributed by atoms with Gasteiger partial charge in [-0.05, 0) is 25.3 Å². The second-order valence-electron chi connectivity index (χ2n) is 5.90. The van der Waals surface area contributed by atoms with Gasteiger partial charge in [-0.1, -0.05) is 29.8 Å². The maximum absolute atomic E-state index is 12.1. The van der Waals surface area contributed by atoms with Gasteiger partial charge in [0.05, 0.1) is 13.2 Å². The number of carbonyl (C=O) groups is 1. The smallest absolute Gasteiger partial charge is 0.317 e. The molecule has 2 aliphatic rings. The molecular formula is C16H22N2O2. The van der Waals surface area contributed by atoms with Gasteiger partial charge >= 0.3 is 6.03 Å². The number of ether oxygens (including phenoxy) is 1. The Labute approximate surface area is 120 Å². The van der Waals surface area contributed by atoms with Gasteiger partial charge in [-0.15, -0.1) is 0 Å². The number of hydrogen-bond acceptors (Lipinski definition) is 2. The quantitative estimate of drug-likeness (QED) is 0.916. The Morgan fingerprint density at radius 1 is 1.25 bits per heavy atom. The Hall–Kier alpha value is -1.55. The molecule has 20 heavy (non-hydrogen) atoms. The van der Waals surface area contributed by atoms with Crippen molar-refractivity contribution >= 4 is 6.03 Å². The predicted octanol–water partition coefficient (Wildman–Crippen LogP) is 2.07. The van der Waals surface area contributed by atoms with Crippen molar-refractivity contribution in [2.45, 2.75) is 25.2 Å². The van der Waals surface area contributed by atoms with Crippen LogP contribution in [0.3, 0.4) is 0 Å². The van der Waals surface area contributed by atoms with Gasteiger partial charge in [-0.3, -0.25) is 0 Å². The van der Waals surface area contributed by atoms with Crippen molar-refractivity contribution in [2.75, 3.05) is 32.8 Å². The van der Waals surface area contributed by atoms with Crippen LogP contribution in [0.4, 0.5) is 4.79 Å². The second kappa shape index (κ2) is 5.44. The van der Waals surface area contributed by atoms with E-state index in [4.69, 9.17) is 4.74 Å². The molecule has 2 fully saturated rings. The number of morpholine rings is 1. The molecule has 1 saturated carbocycles. The van der Waals surface area contributed by atoms with Gasteiger partial charge in [0.25, 0.3) is 0 Å². The summed E-state index contributed by atoms with van der Waals surface area (Å²) in [5, 5.41) is 3.10. The summed E-state index contributed by atoms with van der Waals surface area (Å²) in [6.07, 6.45) is 2.33. The summed E-state index contributed by atoms with van der Waals surface area (Å²) < 4.78 is 5.27. The van der Waals surface area contributed by atoms with Crippen LogP contribution < -0.4 is 5.32 Å². The topological polar surface area (TPSA) is 41.6 Å². The zero-order valence-electron chi connectivity index (χ0n) is 12.0. The molecule has 0 unspecified atom stereocenters. The molecule has 2 amide bonds. The van der Waals surface area contributed by atoms with Gasteiger partial charge in [0, 0.05) is 25.0 Å². The predicted molar refractivity (Wildman–Crippen MR) is 77.9 cm³/mol. The molecule has 0 atom stereocenters. The molecule has 4 nitrogen and oxygen atoms in total. The Morgan fingerprint density at radius 3 is 2.50 bits per heavy atom. The minimum atomic E-state index is 0.0479. The van der Waals surface area contributed by atoms with Crippen molar-refractivity contribution in [2.24, 2.45) is 0 Å². The lowest BCUT2D eigenvalue weighted by molar-refractivity contribution is 0.0531.